The number of hydrogen-bond donors (Lipinski definition) is 0. The largest absolute Gasteiger partial charge is 0.453 e. The van der Waals surface area contributed by atoms with Crippen LogP contribution in [0.15, 0.2) is 34.7 Å². The van der Waals surface area contributed by atoms with E-state index in [-0.39, 0.29) is 11.8 Å². The van der Waals surface area contributed by atoms with Gasteiger partial charge in [0, 0.05) is 18.0 Å². The normalized spacial score (nSPS) is 20.8. The van der Waals surface area contributed by atoms with Gasteiger partial charge >= 0.3 is 0 Å². The molecule has 0 radical (unpaired) electrons. The number of hydrogen-bond acceptors (Lipinski definition) is 4. The van der Waals surface area contributed by atoms with E-state index >= 15 is 0 Å². The lowest BCUT2D eigenvalue weighted by molar-refractivity contribution is 0.00166. The van der Waals surface area contributed by atoms with Gasteiger partial charge in [-0.25, -0.2) is 0 Å². The predicted molar refractivity (Wildman–Crippen MR) is 72.4 cm³/mol. The molecule has 0 N–H and O–H groups in total. The number of furan rings is 1. The maximum atomic E-state index is 12.3. The second-order valence-corrected chi connectivity index (χ2v) is 4.97. The molecule has 1 atom stereocenters. The molecule has 4 nitrogen and oxygen atoms in total. The molecular formula is C15H17NO3. The molecule has 2 heterocycles. The summed E-state index contributed by atoms with van der Waals surface area (Å²) in [5.41, 5.74) is 0.765. The highest BCUT2D eigenvalue weighted by Gasteiger charge is 2.23. The molecule has 1 unspecified atom stereocenters. The molecule has 1 aliphatic rings. The van der Waals surface area contributed by atoms with Crippen LogP contribution in [0.1, 0.15) is 17.5 Å². The van der Waals surface area contributed by atoms with Crippen molar-refractivity contribution in [2.24, 2.45) is 0 Å². The highest BCUT2D eigenvalue weighted by atomic mass is 16.5. The smallest absolute Gasteiger partial charge is 0.211 e. The summed E-state index contributed by atoms with van der Waals surface area (Å²) in [7, 11) is 0. The van der Waals surface area contributed by atoms with Gasteiger partial charge in [0.1, 0.15) is 5.58 Å². The topological polar surface area (TPSA) is 42.7 Å². The van der Waals surface area contributed by atoms with Gasteiger partial charge in [-0.2, -0.15) is 0 Å². The van der Waals surface area contributed by atoms with Crippen molar-refractivity contribution in [2.45, 2.75) is 13.0 Å². The molecule has 1 fully saturated rings. The van der Waals surface area contributed by atoms with E-state index in [2.05, 4.69) is 11.8 Å². The van der Waals surface area contributed by atoms with Gasteiger partial charge in [-0.1, -0.05) is 18.2 Å². The van der Waals surface area contributed by atoms with Crippen LogP contribution in [0, 0.1) is 0 Å². The van der Waals surface area contributed by atoms with Crippen molar-refractivity contribution in [3.05, 3.63) is 36.1 Å². The zero-order chi connectivity index (χ0) is 13.2. The van der Waals surface area contributed by atoms with E-state index in [0.29, 0.717) is 25.5 Å². The number of morpholine rings is 1. The number of ketones is 1. The summed E-state index contributed by atoms with van der Waals surface area (Å²) in [6.07, 6.45) is 0. The first-order chi connectivity index (χ1) is 9.24. The molecule has 0 saturated carbocycles. The summed E-state index contributed by atoms with van der Waals surface area (Å²) in [6, 6.07) is 9.78. The molecule has 100 valence electrons. The Bertz CT molecular complexity index is 557. The average molecular weight is 259 g/mol. The average Bonchev–Trinajstić information content (AvgIpc) is 2.85. The number of nitrogens with zero attached hydrogens (tertiary/aromatic N) is 1. The summed E-state index contributed by atoms with van der Waals surface area (Å²) in [5, 5.41) is 0.973. The quantitative estimate of drug-likeness (QED) is 0.793. The molecule has 1 aliphatic heterocycles. The lowest BCUT2D eigenvalue weighted by atomic mass is 10.2. The van der Waals surface area contributed by atoms with Crippen molar-refractivity contribution < 1.29 is 13.9 Å². The van der Waals surface area contributed by atoms with Crippen LogP contribution >= 0.6 is 0 Å². The summed E-state index contributed by atoms with van der Waals surface area (Å²) >= 11 is 0. The maximum absolute atomic E-state index is 12.3. The van der Waals surface area contributed by atoms with Gasteiger partial charge in [0.25, 0.3) is 0 Å². The third kappa shape index (κ3) is 2.55. The van der Waals surface area contributed by atoms with Crippen molar-refractivity contribution in [1.29, 1.82) is 0 Å². The van der Waals surface area contributed by atoms with Crippen LogP contribution < -0.4 is 0 Å². The number of ether oxygens (including phenoxy) is 1. The van der Waals surface area contributed by atoms with Crippen molar-refractivity contribution in [3.8, 4) is 0 Å². The fourth-order valence-electron chi connectivity index (χ4n) is 2.38. The minimum absolute atomic E-state index is 0.0324. The number of Topliss-reactive ketones (excluding diaryl/α,β-unsaturated/α-hetero) is 1. The third-order valence-electron chi connectivity index (χ3n) is 3.55. The van der Waals surface area contributed by atoms with E-state index in [1.54, 1.807) is 0 Å². The molecule has 3 rings (SSSR count). The van der Waals surface area contributed by atoms with Gasteiger partial charge in [0.05, 0.1) is 19.8 Å². The first-order valence-corrected chi connectivity index (χ1v) is 6.57. The number of para-hydroxylation sites is 1. The van der Waals surface area contributed by atoms with E-state index in [9.17, 15) is 4.79 Å². The Labute approximate surface area is 111 Å². The van der Waals surface area contributed by atoms with Gasteiger partial charge in [-0.15, -0.1) is 0 Å². The Balaban J connectivity index is 1.76. The molecule has 4 heteroatoms. The van der Waals surface area contributed by atoms with Crippen LogP contribution in [0.25, 0.3) is 11.0 Å². The monoisotopic (exact) mass is 259 g/mol. The van der Waals surface area contributed by atoms with Gasteiger partial charge < -0.3 is 9.15 Å². The van der Waals surface area contributed by atoms with Gasteiger partial charge in [-0.05, 0) is 19.1 Å². The lowest BCUT2D eigenvalue weighted by Gasteiger charge is -2.32. The fraction of sp³-hybridized carbons (Fsp3) is 0.400. The van der Waals surface area contributed by atoms with E-state index < -0.39 is 0 Å². The number of carbonyl (C=O) groups is 1. The Kier molecular flexibility index (Phi) is 3.36. The second kappa shape index (κ2) is 5.15. The highest BCUT2D eigenvalue weighted by molar-refractivity contribution is 5.98. The summed E-state index contributed by atoms with van der Waals surface area (Å²) in [5.74, 6) is 0.477. The minimum atomic E-state index is 0.0324. The van der Waals surface area contributed by atoms with Crippen molar-refractivity contribution in [1.82, 2.24) is 4.90 Å². The molecule has 0 bridgehead atoms. The van der Waals surface area contributed by atoms with Crippen LogP contribution in [0.5, 0.6) is 0 Å². The van der Waals surface area contributed by atoms with E-state index in [1.165, 1.54) is 0 Å². The van der Waals surface area contributed by atoms with Crippen molar-refractivity contribution >= 4 is 16.8 Å². The van der Waals surface area contributed by atoms with Crippen LogP contribution in [0.3, 0.4) is 0 Å². The van der Waals surface area contributed by atoms with Crippen LogP contribution in [0.2, 0.25) is 0 Å². The molecular weight excluding hydrogens is 242 g/mol. The Morgan fingerprint density at radius 1 is 1.42 bits per heavy atom. The molecule has 19 heavy (non-hydrogen) atoms. The van der Waals surface area contributed by atoms with Crippen LogP contribution in [0.4, 0.5) is 0 Å². The molecule has 0 aliphatic carbocycles. The molecule has 2 aromatic rings. The SMILES string of the molecule is CC1COCCN1CC(=O)c1cc2ccccc2o1. The number of rotatable bonds is 3. The Morgan fingerprint density at radius 2 is 2.26 bits per heavy atom. The number of fused-ring (bicyclic) bond motifs is 1. The molecule has 1 aromatic carbocycles. The van der Waals surface area contributed by atoms with Gasteiger partial charge in [-0.3, -0.25) is 9.69 Å². The summed E-state index contributed by atoms with van der Waals surface area (Å²) in [4.78, 5) is 14.4. The zero-order valence-corrected chi connectivity index (χ0v) is 11.0. The van der Waals surface area contributed by atoms with Gasteiger partial charge in [0.15, 0.2) is 5.76 Å². The van der Waals surface area contributed by atoms with E-state index in [4.69, 9.17) is 9.15 Å². The van der Waals surface area contributed by atoms with Gasteiger partial charge in [0.2, 0.25) is 5.78 Å². The first kappa shape index (κ1) is 12.4. The van der Waals surface area contributed by atoms with Crippen LogP contribution in [-0.2, 0) is 4.74 Å². The third-order valence-corrected chi connectivity index (χ3v) is 3.55. The van der Waals surface area contributed by atoms with Crippen molar-refractivity contribution in [3.63, 3.8) is 0 Å². The molecule has 1 saturated heterocycles. The number of benzene rings is 1. The first-order valence-electron chi connectivity index (χ1n) is 6.57. The lowest BCUT2D eigenvalue weighted by Crippen LogP contribution is -2.45. The summed E-state index contributed by atoms with van der Waals surface area (Å²) in [6.45, 7) is 4.65. The minimum Gasteiger partial charge on any atom is -0.453 e. The van der Waals surface area contributed by atoms with Crippen LogP contribution in [-0.4, -0.2) is 43.0 Å². The molecule has 0 amide bonds. The van der Waals surface area contributed by atoms with E-state index in [1.807, 2.05) is 30.3 Å². The molecule has 1 aromatic heterocycles. The predicted octanol–water partition coefficient (Wildman–Crippen LogP) is 2.34. The highest BCUT2D eigenvalue weighted by Crippen LogP contribution is 2.19. The fourth-order valence-corrected chi connectivity index (χ4v) is 2.38. The standard InChI is InChI=1S/C15H17NO3/c1-11-10-18-7-6-16(11)9-13(17)15-8-12-4-2-3-5-14(12)19-15/h2-5,8,11H,6-7,9-10H2,1H3. The number of carbonyl (C=O) groups excluding carboxylic acids is 1. The second-order valence-electron chi connectivity index (χ2n) is 4.97. The van der Waals surface area contributed by atoms with Crippen molar-refractivity contribution in [2.75, 3.05) is 26.3 Å². The summed E-state index contributed by atoms with van der Waals surface area (Å²) < 4.78 is 11.0. The van der Waals surface area contributed by atoms with E-state index in [0.717, 1.165) is 17.5 Å². The Hall–Kier alpha value is -1.65. The Morgan fingerprint density at radius 3 is 3.05 bits per heavy atom. The zero-order valence-electron chi connectivity index (χ0n) is 11.0. The maximum Gasteiger partial charge on any atom is 0.211 e. The molecule has 0 spiro atoms.